The Hall–Kier alpha value is 0.240. The van der Waals surface area contributed by atoms with Crippen LogP contribution >= 0.6 is 11.6 Å². The topological polar surface area (TPSA) is 34.1 Å². The third kappa shape index (κ3) is 1.54. The van der Waals surface area contributed by atoms with Gasteiger partial charge in [-0.2, -0.15) is 0 Å². The molecule has 0 aromatic heterocycles. The van der Waals surface area contributed by atoms with Crippen molar-refractivity contribution in [3.05, 3.63) is 0 Å². The van der Waals surface area contributed by atoms with Crippen LogP contribution in [0.25, 0.3) is 0 Å². The van der Waals surface area contributed by atoms with Crippen molar-refractivity contribution >= 4 is 21.4 Å². The third-order valence-electron chi connectivity index (χ3n) is 5.59. The lowest BCUT2D eigenvalue weighted by Gasteiger charge is -2.49. The maximum Gasteiger partial charge on any atom is 0.168 e. The molecule has 0 aromatic carbocycles. The van der Waals surface area contributed by atoms with Crippen LogP contribution < -0.4 is 0 Å². The van der Waals surface area contributed by atoms with E-state index in [1.807, 2.05) is 0 Å². The summed E-state index contributed by atoms with van der Waals surface area (Å²) in [4.78, 5) is 0. The van der Waals surface area contributed by atoms with Crippen molar-refractivity contribution in [2.45, 2.75) is 62.5 Å². The molecular weight excluding hydrogens is 256 g/mol. The van der Waals surface area contributed by atoms with Crippen LogP contribution in [0.3, 0.4) is 0 Å². The maximum absolute atomic E-state index is 12.3. The lowest BCUT2D eigenvalue weighted by Crippen LogP contribution is -2.45. The predicted octanol–water partition coefficient (Wildman–Crippen LogP) is 3.49. The summed E-state index contributed by atoms with van der Waals surface area (Å²) in [7, 11) is -3.06. The zero-order valence-corrected chi connectivity index (χ0v) is 11.8. The molecule has 3 atom stereocenters. The monoisotopic (exact) mass is 276 g/mol. The molecule has 0 radical (unpaired) electrons. The quantitative estimate of drug-likeness (QED) is 0.635. The van der Waals surface area contributed by atoms with Crippen LogP contribution in [0.1, 0.15) is 57.8 Å². The van der Waals surface area contributed by atoms with Gasteiger partial charge in [-0.05, 0) is 31.1 Å². The Balaban J connectivity index is 2.12. The fraction of sp³-hybridized carbons (Fsp3) is 1.00. The van der Waals surface area contributed by atoms with Gasteiger partial charge in [0, 0.05) is 5.41 Å². The highest BCUT2D eigenvalue weighted by Gasteiger charge is 2.66. The average Bonchev–Trinajstić information content (AvgIpc) is 2.43. The van der Waals surface area contributed by atoms with Crippen LogP contribution in [0.5, 0.6) is 0 Å². The second-order valence-electron chi connectivity index (χ2n) is 6.33. The van der Waals surface area contributed by atoms with E-state index in [2.05, 4.69) is 0 Å². The van der Waals surface area contributed by atoms with Gasteiger partial charge in [-0.1, -0.05) is 32.1 Å². The highest BCUT2D eigenvalue weighted by molar-refractivity contribution is 7.93. The van der Waals surface area contributed by atoms with E-state index >= 15 is 0 Å². The standard InChI is InChI=1S/C13H21ClO2S/c14-11-13-8-3-1-2-6-12(13,7-4-5-9-13)10-17(11,15)16/h11H,1-10H2/t11-,12+,13+/m1/s1. The lowest BCUT2D eigenvalue weighted by molar-refractivity contribution is 0.0211. The van der Waals surface area contributed by atoms with Gasteiger partial charge in [0.2, 0.25) is 0 Å². The van der Waals surface area contributed by atoms with Crippen LogP contribution in [0.4, 0.5) is 0 Å². The highest BCUT2D eigenvalue weighted by atomic mass is 35.5. The molecule has 1 saturated heterocycles. The number of hydrogen-bond donors (Lipinski definition) is 0. The van der Waals surface area contributed by atoms with E-state index in [0.29, 0.717) is 5.75 Å². The fourth-order valence-electron chi connectivity index (χ4n) is 4.82. The summed E-state index contributed by atoms with van der Waals surface area (Å²) < 4.78 is 23.9. The van der Waals surface area contributed by atoms with Gasteiger partial charge in [0.25, 0.3) is 0 Å². The summed E-state index contributed by atoms with van der Waals surface area (Å²) in [5.41, 5.74) is -0.0465. The maximum atomic E-state index is 12.3. The molecule has 3 rings (SSSR count). The number of sulfone groups is 1. The molecule has 2 aliphatic carbocycles. The normalized spacial score (nSPS) is 49.1. The van der Waals surface area contributed by atoms with Gasteiger partial charge in [0.15, 0.2) is 9.84 Å². The Labute approximate surface area is 109 Å². The van der Waals surface area contributed by atoms with Gasteiger partial charge in [0.05, 0.1) is 5.75 Å². The molecular formula is C13H21ClO2S. The third-order valence-corrected chi connectivity index (χ3v) is 8.86. The molecule has 0 aromatic rings. The predicted molar refractivity (Wildman–Crippen MR) is 69.8 cm³/mol. The summed E-state index contributed by atoms with van der Waals surface area (Å²) >= 11 is 6.42. The van der Waals surface area contributed by atoms with Crippen molar-refractivity contribution in [1.82, 2.24) is 0 Å². The van der Waals surface area contributed by atoms with E-state index in [1.54, 1.807) is 0 Å². The van der Waals surface area contributed by atoms with Gasteiger partial charge in [0.1, 0.15) is 4.71 Å². The first kappa shape index (κ1) is 12.3. The van der Waals surface area contributed by atoms with Crippen LogP contribution in [-0.4, -0.2) is 18.9 Å². The zero-order valence-electron chi connectivity index (χ0n) is 10.3. The summed E-state index contributed by atoms with van der Waals surface area (Å²) in [5.74, 6) is 0.369. The van der Waals surface area contributed by atoms with Crippen LogP contribution in [-0.2, 0) is 9.84 Å². The first-order valence-electron chi connectivity index (χ1n) is 6.88. The molecule has 0 amide bonds. The first-order valence-corrected chi connectivity index (χ1v) is 9.03. The summed E-state index contributed by atoms with van der Waals surface area (Å²) in [5, 5.41) is 0. The minimum Gasteiger partial charge on any atom is -0.227 e. The van der Waals surface area contributed by atoms with Crippen molar-refractivity contribution < 1.29 is 8.42 Å². The Morgan fingerprint density at radius 3 is 2.12 bits per heavy atom. The molecule has 0 N–H and O–H groups in total. The molecule has 1 aliphatic heterocycles. The molecule has 4 heteroatoms. The average molecular weight is 277 g/mol. The molecule has 2 saturated carbocycles. The Bertz CT molecular complexity index is 419. The smallest absolute Gasteiger partial charge is 0.168 e. The molecule has 3 aliphatic rings. The molecule has 0 unspecified atom stereocenters. The minimum absolute atomic E-state index is 0.0347. The molecule has 3 fully saturated rings. The van der Waals surface area contributed by atoms with Gasteiger partial charge in [-0.15, -0.1) is 11.6 Å². The van der Waals surface area contributed by atoms with Crippen LogP contribution in [0.15, 0.2) is 0 Å². The van der Waals surface area contributed by atoms with E-state index in [1.165, 1.54) is 32.1 Å². The van der Waals surface area contributed by atoms with Gasteiger partial charge in [-0.3, -0.25) is 0 Å². The summed E-state index contributed by atoms with van der Waals surface area (Å²) in [6, 6.07) is 0. The second-order valence-corrected chi connectivity index (χ2v) is 9.11. The second kappa shape index (κ2) is 3.86. The van der Waals surface area contributed by atoms with Gasteiger partial charge >= 0.3 is 0 Å². The minimum atomic E-state index is -3.06. The first-order chi connectivity index (χ1) is 8.03. The number of halogens is 1. The molecule has 0 spiro atoms. The summed E-state index contributed by atoms with van der Waals surface area (Å²) in [6.07, 6.45) is 10.3. The molecule has 98 valence electrons. The van der Waals surface area contributed by atoms with Crippen molar-refractivity contribution in [2.75, 3.05) is 5.75 Å². The van der Waals surface area contributed by atoms with E-state index in [0.717, 1.165) is 25.7 Å². The molecule has 2 nitrogen and oxygen atoms in total. The SMILES string of the molecule is O=S1(=O)C[C@@]23CCCCC[C@]2(CCCC3)[C@@H]1Cl. The number of rotatable bonds is 0. The van der Waals surface area contributed by atoms with Gasteiger partial charge in [-0.25, -0.2) is 8.42 Å². The largest absolute Gasteiger partial charge is 0.227 e. The van der Waals surface area contributed by atoms with Crippen molar-refractivity contribution in [3.8, 4) is 0 Å². The van der Waals surface area contributed by atoms with Gasteiger partial charge < -0.3 is 0 Å². The van der Waals surface area contributed by atoms with E-state index in [4.69, 9.17) is 11.6 Å². The van der Waals surface area contributed by atoms with Crippen LogP contribution in [0.2, 0.25) is 0 Å². The van der Waals surface area contributed by atoms with Crippen molar-refractivity contribution in [1.29, 1.82) is 0 Å². The highest BCUT2D eigenvalue weighted by Crippen LogP contribution is 2.66. The fourth-order valence-corrected chi connectivity index (χ4v) is 8.12. The van der Waals surface area contributed by atoms with E-state index < -0.39 is 14.5 Å². The molecule has 0 bridgehead atoms. The van der Waals surface area contributed by atoms with E-state index in [-0.39, 0.29) is 10.8 Å². The Kier molecular flexibility index (Phi) is 2.79. The molecule has 17 heavy (non-hydrogen) atoms. The van der Waals surface area contributed by atoms with Crippen molar-refractivity contribution in [3.63, 3.8) is 0 Å². The molecule has 1 heterocycles. The number of alkyl halides is 1. The summed E-state index contributed by atoms with van der Waals surface area (Å²) in [6.45, 7) is 0. The van der Waals surface area contributed by atoms with Crippen LogP contribution in [0, 0.1) is 10.8 Å². The Morgan fingerprint density at radius 2 is 1.41 bits per heavy atom. The zero-order chi connectivity index (χ0) is 12.1. The van der Waals surface area contributed by atoms with Crippen molar-refractivity contribution in [2.24, 2.45) is 10.8 Å². The Morgan fingerprint density at radius 1 is 0.882 bits per heavy atom. The van der Waals surface area contributed by atoms with E-state index in [9.17, 15) is 8.42 Å². The lowest BCUT2D eigenvalue weighted by atomic mass is 9.55. The number of hydrogen-bond acceptors (Lipinski definition) is 2.